The first kappa shape index (κ1) is 18.7. The normalized spacial score (nSPS) is 11.3. The molecule has 0 saturated heterocycles. The summed E-state index contributed by atoms with van der Waals surface area (Å²) in [4.78, 5) is 25.4. The Hall–Kier alpha value is -2.62. The highest BCUT2D eigenvalue weighted by Gasteiger charge is 2.36. The topological polar surface area (TPSA) is 58.2 Å². The van der Waals surface area contributed by atoms with Crippen LogP contribution in [0.3, 0.4) is 0 Å². The second kappa shape index (κ2) is 7.51. The smallest absolute Gasteiger partial charge is 0.239 e. The Balaban J connectivity index is 2.21. The van der Waals surface area contributed by atoms with Crippen LogP contribution in [-0.2, 0) is 9.59 Å². The number of benzene rings is 2. The predicted octanol–water partition coefficient (Wildman–Crippen LogP) is 4.72. The first-order valence-electron chi connectivity index (χ1n) is 8.51. The Morgan fingerprint density at radius 1 is 0.880 bits per heavy atom. The van der Waals surface area contributed by atoms with Gasteiger partial charge >= 0.3 is 0 Å². The van der Waals surface area contributed by atoms with Crippen molar-refractivity contribution in [3.8, 4) is 0 Å². The van der Waals surface area contributed by atoms with Crippen LogP contribution in [0.4, 0.5) is 11.4 Å². The minimum atomic E-state index is -1.20. The van der Waals surface area contributed by atoms with Gasteiger partial charge in [0.1, 0.15) is 5.41 Å². The molecule has 0 atom stereocenters. The summed E-state index contributed by atoms with van der Waals surface area (Å²) in [5, 5.41) is 5.77. The van der Waals surface area contributed by atoms with Crippen LogP contribution in [0.15, 0.2) is 48.5 Å². The number of hydrogen-bond acceptors (Lipinski definition) is 2. The molecule has 2 amide bonds. The molecule has 0 aliphatic carbocycles. The maximum absolute atomic E-state index is 12.8. The third kappa shape index (κ3) is 4.27. The lowest BCUT2D eigenvalue weighted by atomic mass is 9.90. The number of rotatable bonds is 5. The molecule has 0 aromatic heterocycles. The fourth-order valence-corrected chi connectivity index (χ4v) is 2.52. The molecular weight excluding hydrogens is 312 g/mol. The predicted molar refractivity (Wildman–Crippen MR) is 103 cm³/mol. The lowest BCUT2D eigenvalue weighted by Crippen LogP contribution is -2.41. The lowest BCUT2D eigenvalue weighted by molar-refractivity contribution is -0.135. The molecule has 2 aromatic rings. The Morgan fingerprint density at radius 3 is 2.08 bits per heavy atom. The molecule has 0 radical (unpaired) electrons. The van der Waals surface area contributed by atoms with E-state index >= 15 is 0 Å². The monoisotopic (exact) mass is 338 g/mol. The van der Waals surface area contributed by atoms with Crippen LogP contribution in [0.5, 0.6) is 0 Å². The average molecular weight is 338 g/mol. The Labute approximate surface area is 149 Å². The van der Waals surface area contributed by atoms with Gasteiger partial charge in [-0.2, -0.15) is 0 Å². The standard InChI is InChI=1S/C21H26N2O2/c1-14(2)17-13-9-10-15(3)18(17)23-20(25)21(4,5)19(24)22-16-11-7-6-8-12-16/h6-14H,1-5H3,(H,22,24)(H,23,25). The summed E-state index contributed by atoms with van der Waals surface area (Å²) in [6.07, 6.45) is 0. The summed E-state index contributed by atoms with van der Waals surface area (Å²) >= 11 is 0. The molecule has 4 nitrogen and oxygen atoms in total. The summed E-state index contributed by atoms with van der Waals surface area (Å²) in [6.45, 7) is 9.38. The Morgan fingerprint density at radius 2 is 1.48 bits per heavy atom. The SMILES string of the molecule is Cc1cccc(C(C)C)c1NC(=O)C(C)(C)C(=O)Nc1ccccc1. The number of nitrogens with one attached hydrogen (secondary N) is 2. The minimum absolute atomic E-state index is 0.274. The fourth-order valence-electron chi connectivity index (χ4n) is 2.52. The van der Waals surface area contributed by atoms with Gasteiger partial charge in [0.2, 0.25) is 11.8 Å². The zero-order valence-corrected chi connectivity index (χ0v) is 15.5. The second-order valence-corrected chi connectivity index (χ2v) is 7.09. The molecule has 0 aliphatic rings. The van der Waals surface area contributed by atoms with Crippen LogP contribution >= 0.6 is 0 Å². The Bertz CT molecular complexity index is 765. The summed E-state index contributed by atoms with van der Waals surface area (Å²) in [5.41, 5.74) is 2.31. The van der Waals surface area contributed by atoms with E-state index in [1.165, 1.54) is 0 Å². The molecule has 0 spiro atoms. The van der Waals surface area contributed by atoms with Crippen molar-refractivity contribution in [3.63, 3.8) is 0 Å². The van der Waals surface area contributed by atoms with Crippen LogP contribution in [0.1, 0.15) is 44.7 Å². The maximum Gasteiger partial charge on any atom is 0.239 e. The van der Waals surface area contributed by atoms with Crippen molar-refractivity contribution in [2.24, 2.45) is 5.41 Å². The highest BCUT2D eigenvalue weighted by molar-refractivity contribution is 6.14. The van der Waals surface area contributed by atoms with E-state index in [1.54, 1.807) is 26.0 Å². The molecule has 0 aliphatic heterocycles. The van der Waals surface area contributed by atoms with Gasteiger partial charge in [-0.3, -0.25) is 9.59 Å². The molecule has 0 fully saturated rings. The summed E-state index contributed by atoms with van der Waals surface area (Å²) in [6, 6.07) is 15.1. The van der Waals surface area contributed by atoms with Crippen molar-refractivity contribution >= 4 is 23.2 Å². The lowest BCUT2D eigenvalue weighted by Gasteiger charge is -2.25. The third-order valence-electron chi connectivity index (χ3n) is 4.33. The van der Waals surface area contributed by atoms with E-state index in [4.69, 9.17) is 0 Å². The zero-order chi connectivity index (χ0) is 18.6. The van der Waals surface area contributed by atoms with E-state index in [1.807, 2.05) is 43.3 Å². The molecule has 25 heavy (non-hydrogen) atoms. The molecular formula is C21H26N2O2. The maximum atomic E-state index is 12.8. The van der Waals surface area contributed by atoms with Crippen LogP contribution in [0.2, 0.25) is 0 Å². The molecule has 2 rings (SSSR count). The van der Waals surface area contributed by atoms with Crippen molar-refractivity contribution < 1.29 is 9.59 Å². The van der Waals surface area contributed by atoms with Gasteiger partial charge in [-0.05, 0) is 49.9 Å². The number of amides is 2. The quantitative estimate of drug-likeness (QED) is 0.775. The minimum Gasteiger partial charge on any atom is -0.325 e. The fraction of sp³-hybridized carbons (Fsp3) is 0.333. The van der Waals surface area contributed by atoms with Crippen molar-refractivity contribution in [2.75, 3.05) is 10.6 Å². The highest BCUT2D eigenvalue weighted by Crippen LogP contribution is 2.29. The highest BCUT2D eigenvalue weighted by atomic mass is 16.2. The van der Waals surface area contributed by atoms with E-state index in [2.05, 4.69) is 24.5 Å². The van der Waals surface area contributed by atoms with Gasteiger partial charge in [0.25, 0.3) is 0 Å². The number of para-hydroxylation sites is 2. The zero-order valence-electron chi connectivity index (χ0n) is 15.5. The van der Waals surface area contributed by atoms with E-state index in [0.29, 0.717) is 5.69 Å². The summed E-state index contributed by atoms with van der Waals surface area (Å²) < 4.78 is 0. The third-order valence-corrected chi connectivity index (χ3v) is 4.33. The van der Waals surface area contributed by atoms with Gasteiger partial charge in [-0.25, -0.2) is 0 Å². The average Bonchev–Trinajstić information content (AvgIpc) is 2.57. The van der Waals surface area contributed by atoms with Crippen LogP contribution < -0.4 is 10.6 Å². The van der Waals surface area contributed by atoms with Gasteiger partial charge in [0.15, 0.2) is 0 Å². The van der Waals surface area contributed by atoms with E-state index in [0.717, 1.165) is 16.8 Å². The van der Waals surface area contributed by atoms with Crippen molar-refractivity contribution in [1.82, 2.24) is 0 Å². The van der Waals surface area contributed by atoms with E-state index in [9.17, 15) is 9.59 Å². The molecule has 0 bridgehead atoms. The Kier molecular flexibility index (Phi) is 5.62. The van der Waals surface area contributed by atoms with Gasteiger partial charge in [0.05, 0.1) is 0 Å². The number of carbonyl (C=O) groups excluding carboxylic acids is 2. The van der Waals surface area contributed by atoms with Crippen LogP contribution in [0, 0.1) is 12.3 Å². The summed E-state index contributed by atoms with van der Waals surface area (Å²) in [5.74, 6) is -0.385. The molecule has 0 heterocycles. The van der Waals surface area contributed by atoms with Gasteiger partial charge in [-0.15, -0.1) is 0 Å². The molecule has 132 valence electrons. The van der Waals surface area contributed by atoms with Crippen molar-refractivity contribution in [1.29, 1.82) is 0 Å². The van der Waals surface area contributed by atoms with Crippen molar-refractivity contribution in [2.45, 2.75) is 40.5 Å². The molecule has 2 aromatic carbocycles. The molecule has 0 unspecified atom stereocenters. The molecule has 4 heteroatoms. The first-order valence-corrected chi connectivity index (χ1v) is 8.51. The number of aryl methyl sites for hydroxylation is 1. The van der Waals surface area contributed by atoms with Crippen LogP contribution in [-0.4, -0.2) is 11.8 Å². The number of hydrogen-bond donors (Lipinski definition) is 2. The number of anilines is 2. The van der Waals surface area contributed by atoms with Crippen LogP contribution in [0.25, 0.3) is 0 Å². The first-order chi connectivity index (χ1) is 11.7. The van der Waals surface area contributed by atoms with E-state index in [-0.39, 0.29) is 17.7 Å². The number of carbonyl (C=O) groups is 2. The molecule has 0 saturated carbocycles. The molecule has 2 N–H and O–H groups in total. The van der Waals surface area contributed by atoms with Gasteiger partial charge in [0, 0.05) is 11.4 Å². The van der Waals surface area contributed by atoms with E-state index < -0.39 is 5.41 Å². The summed E-state index contributed by atoms with van der Waals surface area (Å²) in [7, 11) is 0. The van der Waals surface area contributed by atoms with Crippen molar-refractivity contribution in [3.05, 3.63) is 59.7 Å². The largest absolute Gasteiger partial charge is 0.325 e. The van der Waals surface area contributed by atoms with Gasteiger partial charge < -0.3 is 10.6 Å². The van der Waals surface area contributed by atoms with Gasteiger partial charge in [-0.1, -0.05) is 50.2 Å². The second-order valence-electron chi connectivity index (χ2n) is 7.09.